The van der Waals surface area contributed by atoms with Gasteiger partial charge < -0.3 is 16.0 Å². The Labute approximate surface area is 142 Å². The quantitative estimate of drug-likeness (QED) is 0.732. The molecule has 2 aromatic carbocycles. The summed E-state index contributed by atoms with van der Waals surface area (Å²) in [6.07, 6.45) is 0. The molecule has 0 aliphatic heterocycles. The van der Waals surface area contributed by atoms with Crippen LogP contribution in [-0.4, -0.2) is 24.9 Å². The summed E-state index contributed by atoms with van der Waals surface area (Å²) in [6.45, 7) is 4.79. The maximum Gasteiger partial charge on any atom is 0.253 e. The average molecular weight is 325 g/mol. The van der Waals surface area contributed by atoms with Crippen molar-refractivity contribution < 1.29 is 9.59 Å². The normalized spacial score (nSPS) is 10.3. The molecule has 0 saturated heterocycles. The molecule has 0 aliphatic rings. The number of para-hydroxylation sites is 2. The monoisotopic (exact) mass is 325 g/mol. The molecule has 3 N–H and O–H groups in total. The molecule has 126 valence electrons. The van der Waals surface area contributed by atoms with E-state index in [1.807, 2.05) is 44.2 Å². The summed E-state index contributed by atoms with van der Waals surface area (Å²) < 4.78 is 0. The van der Waals surface area contributed by atoms with E-state index in [0.29, 0.717) is 23.7 Å². The van der Waals surface area contributed by atoms with E-state index in [2.05, 4.69) is 16.0 Å². The second-order valence-electron chi connectivity index (χ2n) is 5.92. The van der Waals surface area contributed by atoms with Gasteiger partial charge in [0.1, 0.15) is 0 Å². The van der Waals surface area contributed by atoms with Crippen LogP contribution in [0.15, 0.2) is 54.6 Å². The molecule has 0 radical (unpaired) electrons. The zero-order valence-electron chi connectivity index (χ0n) is 14.0. The van der Waals surface area contributed by atoms with Crippen LogP contribution in [0.4, 0.5) is 11.4 Å². The van der Waals surface area contributed by atoms with E-state index in [9.17, 15) is 9.59 Å². The molecule has 0 heterocycles. The zero-order valence-corrected chi connectivity index (χ0v) is 14.0. The molecule has 0 aliphatic carbocycles. The lowest BCUT2D eigenvalue weighted by atomic mass is 10.1. The lowest BCUT2D eigenvalue weighted by Gasteiger charge is -2.13. The summed E-state index contributed by atoms with van der Waals surface area (Å²) in [5.74, 6) is -0.0237. The van der Waals surface area contributed by atoms with Gasteiger partial charge in [0.2, 0.25) is 5.91 Å². The lowest BCUT2D eigenvalue weighted by molar-refractivity contribution is -0.114. The third-order valence-corrected chi connectivity index (χ3v) is 3.34. The molecule has 0 fully saturated rings. The van der Waals surface area contributed by atoms with Crippen molar-refractivity contribution in [1.82, 2.24) is 5.32 Å². The minimum atomic E-state index is -0.206. The maximum atomic E-state index is 12.3. The molecule has 0 aromatic heterocycles. The molecule has 0 unspecified atom stereocenters. The van der Waals surface area contributed by atoms with E-state index in [1.54, 1.807) is 24.3 Å². The highest BCUT2D eigenvalue weighted by Crippen LogP contribution is 2.15. The van der Waals surface area contributed by atoms with Gasteiger partial charge in [0.15, 0.2) is 0 Å². The molecule has 2 rings (SSSR count). The first-order chi connectivity index (χ1) is 11.6. The molecule has 2 aromatic rings. The Hall–Kier alpha value is -2.82. The fraction of sp³-hybridized carbons (Fsp3) is 0.263. The lowest BCUT2D eigenvalue weighted by Crippen LogP contribution is -2.29. The van der Waals surface area contributed by atoms with E-state index >= 15 is 0 Å². The summed E-state index contributed by atoms with van der Waals surface area (Å²) in [5.41, 5.74) is 1.85. The fourth-order valence-electron chi connectivity index (χ4n) is 2.11. The molecule has 5 nitrogen and oxygen atoms in total. The summed E-state index contributed by atoms with van der Waals surface area (Å²) >= 11 is 0. The molecule has 2 amide bonds. The number of hydrogen-bond donors (Lipinski definition) is 3. The maximum absolute atomic E-state index is 12.3. The number of benzene rings is 2. The zero-order chi connectivity index (χ0) is 17.4. The summed E-state index contributed by atoms with van der Waals surface area (Å²) in [6, 6.07) is 16.5. The van der Waals surface area contributed by atoms with Crippen LogP contribution in [0.2, 0.25) is 0 Å². The van der Waals surface area contributed by atoms with Gasteiger partial charge in [0.05, 0.1) is 17.8 Å². The van der Waals surface area contributed by atoms with Gasteiger partial charge >= 0.3 is 0 Å². The van der Waals surface area contributed by atoms with Crippen molar-refractivity contribution in [3.05, 3.63) is 60.2 Å². The Morgan fingerprint density at radius 1 is 0.958 bits per heavy atom. The third kappa shape index (κ3) is 5.43. The van der Waals surface area contributed by atoms with Crippen LogP contribution in [0, 0.1) is 5.92 Å². The van der Waals surface area contributed by atoms with Gasteiger partial charge in [-0.25, -0.2) is 0 Å². The van der Waals surface area contributed by atoms with Crippen LogP contribution >= 0.6 is 0 Å². The standard InChI is InChI=1S/C19H23N3O2/c1-14(2)12-21-19(24)16-10-6-7-11-17(16)22-18(23)13-20-15-8-4-3-5-9-15/h3-11,14,20H,12-13H2,1-2H3,(H,21,24)(H,22,23). The van der Waals surface area contributed by atoms with Crippen molar-refractivity contribution >= 4 is 23.2 Å². The van der Waals surface area contributed by atoms with Crippen molar-refractivity contribution in [1.29, 1.82) is 0 Å². The van der Waals surface area contributed by atoms with E-state index < -0.39 is 0 Å². The number of carbonyl (C=O) groups excluding carboxylic acids is 2. The fourth-order valence-corrected chi connectivity index (χ4v) is 2.11. The van der Waals surface area contributed by atoms with E-state index in [-0.39, 0.29) is 18.4 Å². The highest BCUT2D eigenvalue weighted by Gasteiger charge is 2.13. The van der Waals surface area contributed by atoms with Gasteiger partial charge in [-0.1, -0.05) is 44.2 Å². The predicted octanol–water partition coefficient (Wildman–Crippen LogP) is 3.12. The van der Waals surface area contributed by atoms with Crippen molar-refractivity contribution in [3.8, 4) is 0 Å². The Bertz CT molecular complexity index is 684. The summed E-state index contributed by atoms with van der Waals surface area (Å²) in [4.78, 5) is 24.4. The average Bonchev–Trinajstić information content (AvgIpc) is 2.59. The van der Waals surface area contributed by atoms with Crippen LogP contribution in [0.25, 0.3) is 0 Å². The first-order valence-corrected chi connectivity index (χ1v) is 8.02. The largest absolute Gasteiger partial charge is 0.376 e. The number of amides is 2. The summed E-state index contributed by atoms with van der Waals surface area (Å²) in [7, 11) is 0. The summed E-state index contributed by atoms with van der Waals surface area (Å²) in [5, 5.41) is 8.69. The van der Waals surface area contributed by atoms with Crippen LogP contribution < -0.4 is 16.0 Å². The minimum absolute atomic E-state index is 0.131. The van der Waals surface area contributed by atoms with E-state index in [1.165, 1.54) is 0 Å². The number of rotatable bonds is 7. The van der Waals surface area contributed by atoms with Gasteiger partial charge in [0, 0.05) is 12.2 Å². The van der Waals surface area contributed by atoms with Crippen LogP contribution in [0.1, 0.15) is 24.2 Å². The Balaban J connectivity index is 1.96. The molecular formula is C19H23N3O2. The third-order valence-electron chi connectivity index (χ3n) is 3.34. The molecule has 5 heteroatoms. The molecule has 0 spiro atoms. The van der Waals surface area contributed by atoms with Gasteiger partial charge in [-0.2, -0.15) is 0 Å². The molecular weight excluding hydrogens is 302 g/mol. The topological polar surface area (TPSA) is 70.2 Å². The van der Waals surface area contributed by atoms with Crippen molar-refractivity contribution in [2.45, 2.75) is 13.8 Å². The van der Waals surface area contributed by atoms with E-state index in [0.717, 1.165) is 5.69 Å². The van der Waals surface area contributed by atoms with Crippen LogP contribution in [-0.2, 0) is 4.79 Å². The van der Waals surface area contributed by atoms with Gasteiger partial charge in [-0.05, 0) is 30.2 Å². The first-order valence-electron chi connectivity index (χ1n) is 8.02. The second-order valence-corrected chi connectivity index (χ2v) is 5.92. The molecule has 24 heavy (non-hydrogen) atoms. The molecule has 0 bridgehead atoms. The van der Waals surface area contributed by atoms with Crippen LogP contribution in [0.3, 0.4) is 0 Å². The number of anilines is 2. The van der Waals surface area contributed by atoms with Crippen LogP contribution in [0.5, 0.6) is 0 Å². The molecule has 0 saturated carbocycles. The van der Waals surface area contributed by atoms with E-state index in [4.69, 9.17) is 0 Å². The highest BCUT2D eigenvalue weighted by atomic mass is 16.2. The van der Waals surface area contributed by atoms with Crippen molar-refractivity contribution in [2.75, 3.05) is 23.7 Å². The number of nitrogens with one attached hydrogen (secondary N) is 3. The van der Waals surface area contributed by atoms with Gasteiger partial charge in [-0.15, -0.1) is 0 Å². The Kier molecular flexibility index (Phi) is 6.37. The van der Waals surface area contributed by atoms with Crippen molar-refractivity contribution in [2.24, 2.45) is 5.92 Å². The second kappa shape index (κ2) is 8.72. The smallest absolute Gasteiger partial charge is 0.253 e. The highest BCUT2D eigenvalue weighted by molar-refractivity contribution is 6.04. The first kappa shape index (κ1) is 17.5. The van der Waals surface area contributed by atoms with Gasteiger partial charge in [0.25, 0.3) is 5.91 Å². The number of carbonyl (C=O) groups is 2. The number of hydrogen-bond acceptors (Lipinski definition) is 3. The molecule has 0 atom stereocenters. The Morgan fingerprint density at radius 3 is 2.33 bits per heavy atom. The predicted molar refractivity (Wildman–Crippen MR) is 97.2 cm³/mol. The SMILES string of the molecule is CC(C)CNC(=O)c1ccccc1NC(=O)CNc1ccccc1. The van der Waals surface area contributed by atoms with Gasteiger partial charge in [-0.3, -0.25) is 9.59 Å². The minimum Gasteiger partial charge on any atom is -0.376 e. The van der Waals surface area contributed by atoms with Crippen molar-refractivity contribution in [3.63, 3.8) is 0 Å². The Morgan fingerprint density at radius 2 is 1.62 bits per heavy atom.